The Morgan fingerprint density at radius 3 is 1.43 bits per heavy atom. The maximum atomic E-state index is 13.2. The van der Waals surface area contributed by atoms with Gasteiger partial charge in [0.15, 0.2) is 12.6 Å². The number of nitrogens with one attached hydrogen (secondary N) is 1. The molecule has 0 aliphatic carbocycles. The monoisotopic (exact) mass is 1070 g/mol. The predicted octanol–water partition coefficient (Wildman–Crippen LogP) is 9.44. The highest BCUT2D eigenvalue weighted by Crippen LogP contribution is 2.30. The van der Waals surface area contributed by atoms with Gasteiger partial charge in [-0.25, -0.2) is 0 Å². The molecule has 2 heterocycles. The Hall–Kier alpha value is -3.61. The van der Waals surface area contributed by atoms with E-state index in [1.807, 2.05) is 6.08 Å². The van der Waals surface area contributed by atoms with Gasteiger partial charge in [0.25, 0.3) is 0 Å². The van der Waals surface area contributed by atoms with Gasteiger partial charge >= 0.3 is 0 Å². The molecule has 12 atom stereocenters. The van der Waals surface area contributed by atoms with Crippen LogP contribution in [0.5, 0.6) is 0 Å². The molecule has 2 aliphatic heterocycles. The molecule has 0 radical (unpaired) electrons. The van der Waals surface area contributed by atoms with Crippen LogP contribution in [0.15, 0.2) is 122 Å². The van der Waals surface area contributed by atoms with E-state index in [1.165, 1.54) is 25.7 Å². The third-order valence-corrected chi connectivity index (χ3v) is 13.1. The summed E-state index contributed by atoms with van der Waals surface area (Å²) in [7, 11) is 0. The van der Waals surface area contributed by atoms with E-state index in [4.69, 9.17) is 18.9 Å². The van der Waals surface area contributed by atoms with Crippen LogP contribution in [-0.2, 0) is 23.7 Å². The van der Waals surface area contributed by atoms with Crippen LogP contribution >= 0.6 is 0 Å². The molecule has 2 saturated heterocycles. The van der Waals surface area contributed by atoms with Gasteiger partial charge in [0.1, 0.15) is 48.8 Å². The zero-order valence-corrected chi connectivity index (χ0v) is 46.2. The zero-order valence-electron chi connectivity index (χ0n) is 46.2. The van der Waals surface area contributed by atoms with Gasteiger partial charge in [-0.05, 0) is 96.3 Å². The molecule has 12 unspecified atom stereocenters. The predicted molar refractivity (Wildman–Crippen MR) is 304 cm³/mol. The number of carbonyl (C=O) groups excluding carboxylic acids is 1. The average molecular weight is 1070 g/mol. The fourth-order valence-electron chi connectivity index (χ4n) is 8.48. The Balaban J connectivity index is 1.70. The quantitative estimate of drug-likeness (QED) is 0.0205. The molecule has 0 saturated carbocycles. The average Bonchev–Trinajstić information content (AvgIpc) is 3.42. The van der Waals surface area contributed by atoms with Crippen molar-refractivity contribution in [2.24, 2.45) is 0 Å². The molecule has 14 nitrogen and oxygen atoms in total. The molecule has 2 aliphatic rings. The molecule has 0 aromatic carbocycles. The van der Waals surface area contributed by atoms with E-state index in [2.05, 4.69) is 129 Å². The normalized spacial score (nSPS) is 25.8. The van der Waals surface area contributed by atoms with Gasteiger partial charge in [0, 0.05) is 6.42 Å². The lowest BCUT2D eigenvalue weighted by Gasteiger charge is -2.46. The first kappa shape index (κ1) is 68.5. The van der Waals surface area contributed by atoms with Crippen LogP contribution < -0.4 is 5.32 Å². The zero-order chi connectivity index (χ0) is 55.3. The molecule has 0 spiro atoms. The smallest absolute Gasteiger partial charge is 0.220 e. The minimum Gasteiger partial charge on any atom is -0.394 e. The van der Waals surface area contributed by atoms with Gasteiger partial charge in [-0.1, -0.05) is 187 Å². The highest BCUT2D eigenvalue weighted by Gasteiger charge is 2.51. The van der Waals surface area contributed by atoms with E-state index in [0.29, 0.717) is 12.8 Å². The molecule has 76 heavy (non-hydrogen) atoms. The Morgan fingerprint density at radius 2 is 0.921 bits per heavy atom. The summed E-state index contributed by atoms with van der Waals surface area (Å²) in [6, 6.07) is -0.948. The number of rotatable bonds is 43. The Morgan fingerprint density at radius 1 is 0.487 bits per heavy atom. The lowest BCUT2D eigenvalue weighted by atomic mass is 9.97. The van der Waals surface area contributed by atoms with Crippen molar-refractivity contribution in [3.05, 3.63) is 122 Å². The maximum absolute atomic E-state index is 13.2. The van der Waals surface area contributed by atoms with Crippen LogP contribution in [-0.4, -0.2) is 140 Å². The number of amides is 1. The largest absolute Gasteiger partial charge is 0.394 e. The number of carbonyl (C=O) groups is 1. The van der Waals surface area contributed by atoms with Crippen molar-refractivity contribution < 1.29 is 64.6 Å². The molecule has 2 rings (SSSR count). The van der Waals surface area contributed by atoms with E-state index < -0.39 is 86.8 Å². The van der Waals surface area contributed by atoms with Gasteiger partial charge in [-0.3, -0.25) is 4.79 Å². The molecular formula is C62H101NO13. The molecule has 0 aromatic heterocycles. The Bertz CT molecular complexity index is 1730. The number of aliphatic hydroxyl groups excluding tert-OH is 8. The van der Waals surface area contributed by atoms with Gasteiger partial charge in [-0.2, -0.15) is 0 Å². The van der Waals surface area contributed by atoms with E-state index in [9.17, 15) is 45.6 Å². The fourth-order valence-corrected chi connectivity index (χ4v) is 8.48. The van der Waals surface area contributed by atoms with Crippen molar-refractivity contribution in [3.8, 4) is 0 Å². The van der Waals surface area contributed by atoms with Crippen molar-refractivity contribution in [1.29, 1.82) is 0 Å². The summed E-state index contributed by atoms with van der Waals surface area (Å²) in [4.78, 5) is 13.2. The van der Waals surface area contributed by atoms with Crippen LogP contribution in [0.4, 0.5) is 0 Å². The van der Waals surface area contributed by atoms with Crippen LogP contribution in [0.25, 0.3) is 0 Å². The summed E-state index contributed by atoms with van der Waals surface area (Å²) < 4.78 is 22.7. The summed E-state index contributed by atoms with van der Waals surface area (Å²) in [5.41, 5.74) is 0. The van der Waals surface area contributed by atoms with E-state index in [0.717, 1.165) is 109 Å². The molecule has 2 fully saturated rings. The molecule has 9 N–H and O–H groups in total. The minimum atomic E-state index is -1.80. The molecule has 432 valence electrons. The van der Waals surface area contributed by atoms with E-state index in [1.54, 1.807) is 6.08 Å². The number of aliphatic hydroxyl groups is 8. The van der Waals surface area contributed by atoms with Crippen molar-refractivity contribution in [3.63, 3.8) is 0 Å². The number of unbranched alkanes of at least 4 members (excludes halogenated alkanes) is 12. The third kappa shape index (κ3) is 31.7. The first-order valence-electron chi connectivity index (χ1n) is 28.8. The van der Waals surface area contributed by atoms with Crippen molar-refractivity contribution in [2.45, 2.75) is 242 Å². The summed E-state index contributed by atoms with van der Waals surface area (Å²) in [6.45, 7) is 2.54. The Kier molecular flexibility index (Phi) is 41.7. The summed E-state index contributed by atoms with van der Waals surface area (Å²) in [5.74, 6) is -0.269. The summed E-state index contributed by atoms with van der Waals surface area (Å²) in [6.07, 6.45) is 49.7. The second kappa shape index (κ2) is 46.3. The first-order valence-corrected chi connectivity index (χ1v) is 28.8. The highest BCUT2D eigenvalue weighted by atomic mass is 16.7. The molecular weight excluding hydrogens is 967 g/mol. The standard InChI is InChI=1S/C62H101NO13/c1-3-5-7-9-11-13-15-16-17-18-19-20-21-22-23-24-25-26-27-28-29-30-31-32-33-34-36-38-40-42-44-46-54(67)63-50(51(66)45-43-41-39-37-35-14-12-10-8-6-4-2)49-73-61-59(72)57(70)60(53(48-65)75-61)76-62-58(71)56(69)55(68)52(47-64)74-62/h5,7-8,10-11,13,16-17,19-20,22-23,25-26,28-29,35,37,43,45,50-53,55-62,64-66,68-72H,3-4,6,9,12,14-15,18,21,24,27,30-34,36,38-42,44,46-49H2,1-2H3,(H,63,67)/b7-5-,10-8+,13-11-,17-16-,20-19-,23-22-,26-25-,29-28-,37-35+,45-43+. The van der Waals surface area contributed by atoms with E-state index in [-0.39, 0.29) is 18.9 Å². The third-order valence-electron chi connectivity index (χ3n) is 13.1. The van der Waals surface area contributed by atoms with Crippen LogP contribution in [0, 0.1) is 0 Å². The van der Waals surface area contributed by atoms with Gasteiger partial charge in [0.05, 0.1) is 32.0 Å². The topological polar surface area (TPSA) is 228 Å². The van der Waals surface area contributed by atoms with E-state index >= 15 is 0 Å². The highest BCUT2D eigenvalue weighted by molar-refractivity contribution is 5.76. The number of hydrogen-bond donors (Lipinski definition) is 9. The summed E-state index contributed by atoms with van der Waals surface area (Å²) in [5, 5.41) is 86.8. The number of hydrogen-bond acceptors (Lipinski definition) is 13. The van der Waals surface area contributed by atoms with Crippen LogP contribution in [0.1, 0.15) is 168 Å². The first-order chi connectivity index (χ1) is 37.1. The SMILES string of the molecule is CC/C=C\C/C=C\C/C=C\C/C=C\C/C=C\C/C=C\C/C=C\CCCCCCCCCCCC(=O)NC(COC1OC(CO)C(OC2OC(CO)C(O)C(O)C2O)C(O)C1O)C(O)/C=C/CC/C=C/CC/C=C/CCC. The number of allylic oxidation sites excluding steroid dienone is 19. The van der Waals surface area contributed by atoms with Crippen molar-refractivity contribution >= 4 is 5.91 Å². The lowest BCUT2D eigenvalue weighted by molar-refractivity contribution is -0.359. The van der Waals surface area contributed by atoms with Gasteiger partial charge in [-0.15, -0.1) is 0 Å². The van der Waals surface area contributed by atoms with Crippen LogP contribution in [0.2, 0.25) is 0 Å². The van der Waals surface area contributed by atoms with Crippen LogP contribution in [0.3, 0.4) is 0 Å². The number of ether oxygens (including phenoxy) is 4. The lowest BCUT2D eigenvalue weighted by Crippen LogP contribution is -2.65. The van der Waals surface area contributed by atoms with Crippen molar-refractivity contribution in [2.75, 3.05) is 19.8 Å². The second-order valence-corrected chi connectivity index (χ2v) is 19.7. The minimum absolute atomic E-state index is 0.254. The molecule has 14 heteroatoms. The molecule has 1 amide bonds. The van der Waals surface area contributed by atoms with Gasteiger partial charge in [0.2, 0.25) is 5.91 Å². The summed E-state index contributed by atoms with van der Waals surface area (Å²) >= 11 is 0. The molecule has 0 aromatic rings. The van der Waals surface area contributed by atoms with Gasteiger partial charge < -0.3 is 65.1 Å². The second-order valence-electron chi connectivity index (χ2n) is 19.7. The maximum Gasteiger partial charge on any atom is 0.220 e. The fraction of sp³-hybridized carbons (Fsp3) is 0.661. The molecule has 0 bridgehead atoms. The van der Waals surface area contributed by atoms with Crippen molar-refractivity contribution in [1.82, 2.24) is 5.32 Å². The Labute approximate surface area is 457 Å².